The van der Waals surface area contributed by atoms with Crippen LogP contribution in [-0.2, 0) is 11.4 Å². The monoisotopic (exact) mass is 315 g/mol. The molecule has 20 heavy (non-hydrogen) atoms. The van der Waals surface area contributed by atoms with Crippen LogP contribution < -0.4 is 4.72 Å². The van der Waals surface area contributed by atoms with Crippen LogP contribution in [0.1, 0.15) is 32.4 Å². The van der Waals surface area contributed by atoms with Crippen LogP contribution >= 0.6 is 0 Å². The van der Waals surface area contributed by atoms with Crippen molar-refractivity contribution in [1.82, 2.24) is 4.72 Å². The van der Waals surface area contributed by atoms with Crippen LogP contribution in [-0.4, -0.2) is 15.5 Å². The van der Waals surface area contributed by atoms with Crippen molar-refractivity contribution in [3.05, 3.63) is 35.4 Å². The molecule has 114 valence electrons. The lowest BCUT2D eigenvalue weighted by atomic mass is 10.1. The highest BCUT2D eigenvalue weighted by Gasteiger charge is 2.46. The number of nitrogens with one attached hydrogen (secondary N) is 1. The van der Waals surface area contributed by atoms with Crippen molar-refractivity contribution < 1.29 is 26.5 Å². The van der Waals surface area contributed by atoms with Crippen LogP contribution in [0.15, 0.2) is 18.2 Å². The van der Waals surface area contributed by atoms with Crippen molar-refractivity contribution >= 4 is 11.4 Å². The van der Waals surface area contributed by atoms with Gasteiger partial charge in [0.1, 0.15) is 16.4 Å². The van der Waals surface area contributed by atoms with Crippen LogP contribution in [0, 0.1) is 11.6 Å². The van der Waals surface area contributed by atoms with Crippen LogP contribution in [0.2, 0.25) is 0 Å². The van der Waals surface area contributed by atoms with Gasteiger partial charge in [0, 0.05) is 23.0 Å². The van der Waals surface area contributed by atoms with Gasteiger partial charge in [-0.25, -0.2) is 8.78 Å². The van der Waals surface area contributed by atoms with E-state index < -0.39 is 45.5 Å². The fourth-order valence-corrected chi connectivity index (χ4v) is 2.15. The van der Waals surface area contributed by atoms with Crippen LogP contribution in [0.5, 0.6) is 0 Å². The molecular weight excluding hydrogens is 301 g/mol. The maximum absolute atomic E-state index is 13.5. The van der Waals surface area contributed by atoms with E-state index in [-0.39, 0.29) is 0 Å². The van der Waals surface area contributed by atoms with Crippen molar-refractivity contribution in [2.45, 2.75) is 37.7 Å². The molecule has 0 aliphatic rings. The number of halogens is 5. The Balaban J connectivity index is 3.14. The molecule has 0 aliphatic carbocycles. The molecule has 0 bridgehead atoms. The van der Waals surface area contributed by atoms with Gasteiger partial charge in [0.15, 0.2) is 6.04 Å². The van der Waals surface area contributed by atoms with Crippen LogP contribution in [0.3, 0.4) is 0 Å². The quantitative estimate of drug-likeness (QED) is 0.683. The van der Waals surface area contributed by atoms with E-state index in [1.807, 2.05) is 4.72 Å². The molecule has 0 radical (unpaired) electrons. The van der Waals surface area contributed by atoms with Gasteiger partial charge in [0.05, 0.1) is 0 Å². The van der Waals surface area contributed by atoms with Gasteiger partial charge >= 0.3 is 6.18 Å². The second-order valence-corrected chi connectivity index (χ2v) is 7.14. The number of benzene rings is 1. The lowest BCUT2D eigenvalue weighted by Crippen LogP contribution is -2.46. The Morgan fingerprint density at radius 2 is 1.70 bits per heavy atom. The molecule has 0 heterocycles. The molecule has 1 aromatic carbocycles. The zero-order valence-corrected chi connectivity index (χ0v) is 11.8. The van der Waals surface area contributed by atoms with Gasteiger partial charge < -0.3 is 4.55 Å². The van der Waals surface area contributed by atoms with Gasteiger partial charge in [-0.15, -0.1) is 4.72 Å². The summed E-state index contributed by atoms with van der Waals surface area (Å²) in [7, 11) is 0. The third-order valence-electron chi connectivity index (χ3n) is 2.38. The van der Waals surface area contributed by atoms with E-state index in [1.165, 1.54) is 20.8 Å². The molecule has 0 aliphatic heterocycles. The maximum atomic E-state index is 13.5. The molecule has 2 nitrogen and oxygen atoms in total. The van der Waals surface area contributed by atoms with E-state index >= 15 is 0 Å². The Morgan fingerprint density at radius 1 is 1.15 bits per heavy atom. The Kier molecular flexibility index (Phi) is 5.04. The van der Waals surface area contributed by atoms with Crippen LogP contribution in [0.4, 0.5) is 22.0 Å². The van der Waals surface area contributed by atoms with Gasteiger partial charge in [0.2, 0.25) is 0 Å². The van der Waals surface area contributed by atoms with Crippen molar-refractivity contribution in [2.75, 3.05) is 0 Å². The van der Waals surface area contributed by atoms with E-state index in [9.17, 15) is 26.5 Å². The largest absolute Gasteiger partial charge is 0.598 e. The first kappa shape index (κ1) is 17.2. The first-order chi connectivity index (χ1) is 8.93. The fraction of sp³-hybridized carbons (Fsp3) is 0.500. The minimum Gasteiger partial charge on any atom is -0.598 e. The van der Waals surface area contributed by atoms with E-state index in [1.54, 1.807) is 0 Å². The number of hydrogen-bond donors (Lipinski definition) is 1. The number of rotatable bonds is 3. The van der Waals surface area contributed by atoms with Crippen molar-refractivity contribution in [3.63, 3.8) is 0 Å². The molecule has 1 aromatic rings. The second kappa shape index (κ2) is 5.87. The average molecular weight is 315 g/mol. The normalized spacial score (nSPS) is 16.1. The molecule has 0 aromatic heterocycles. The number of alkyl halides is 3. The Hall–Kier alpha value is -0.860. The molecule has 1 N–H and O–H groups in total. The summed E-state index contributed by atoms with van der Waals surface area (Å²) in [5.41, 5.74) is -0.795. The SMILES string of the molecule is CC(C)(C)[S+]([O-])NC(c1ccc(F)cc1F)C(F)(F)F. The van der Waals surface area contributed by atoms with E-state index in [4.69, 9.17) is 0 Å². The van der Waals surface area contributed by atoms with Gasteiger partial charge in [-0.05, 0) is 26.8 Å². The van der Waals surface area contributed by atoms with Gasteiger partial charge in [-0.2, -0.15) is 13.2 Å². The molecule has 0 saturated carbocycles. The lowest BCUT2D eigenvalue weighted by Gasteiger charge is -2.29. The third kappa shape index (κ3) is 4.32. The Labute approximate surface area is 116 Å². The molecule has 2 unspecified atom stereocenters. The van der Waals surface area contributed by atoms with E-state index in [2.05, 4.69) is 0 Å². The molecular formula is C12H14F5NOS. The minimum absolute atomic E-state index is 0.357. The highest BCUT2D eigenvalue weighted by Crippen LogP contribution is 2.35. The van der Waals surface area contributed by atoms with Crippen molar-refractivity contribution in [2.24, 2.45) is 0 Å². The smallest absolute Gasteiger partial charge is 0.412 e. The Morgan fingerprint density at radius 3 is 2.10 bits per heavy atom. The van der Waals surface area contributed by atoms with Gasteiger partial charge in [-0.3, -0.25) is 0 Å². The molecule has 1 rings (SSSR count). The summed E-state index contributed by atoms with van der Waals surface area (Å²) < 4.78 is 77.9. The minimum atomic E-state index is -4.86. The second-order valence-electron chi connectivity index (χ2n) is 5.14. The summed E-state index contributed by atoms with van der Waals surface area (Å²) in [6, 6.07) is -0.701. The van der Waals surface area contributed by atoms with E-state index in [0.29, 0.717) is 12.1 Å². The summed E-state index contributed by atoms with van der Waals surface area (Å²) in [5, 5.41) is 0. The first-order valence-corrected chi connectivity index (χ1v) is 6.77. The molecule has 0 amide bonds. The van der Waals surface area contributed by atoms with Gasteiger partial charge in [-0.1, -0.05) is 6.07 Å². The standard InChI is InChI=1S/C12H14F5NOS/c1-11(2,3)20(19)18-10(12(15,16)17)8-5-4-7(13)6-9(8)14/h4-6,10,18H,1-3H3. The average Bonchev–Trinajstić information content (AvgIpc) is 2.23. The first-order valence-electron chi connectivity index (χ1n) is 5.62. The van der Waals surface area contributed by atoms with E-state index in [0.717, 1.165) is 6.07 Å². The summed E-state index contributed by atoms with van der Waals surface area (Å²) in [5.74, 6) is -2.32. The summed E-state index contributed by atoms with van der Waals surface area (Å²) in [4.78, 5) is 0. The zero-order chi connectivity index (χ0) is 15.7. The third-order valence-corrected chi connectivity index (χ3v) is 3.94. The molecule has 2 atom stereocenters. The van der Waals surface area contributed by atoms with Crippen molar-refractivity contribution in [1.29, 1.82) is 0 Å². The molecule has 8 heteroatoms. The molecule has 0 fully saturated rings. The summed E-state index contributed by atoms with van der Waals surface area (Å²) in [6.45, 7) is 4.43. The summed E-state index contributed by atoms with van der Waals surface area (Å²) >= 11 is -2.06. The predicted molar refractivity (Wildman–Crippen MR) is 66.2 cm³/mol. The maximum Gasteiger partial charge on any atom is 0.412 e. The molecule has 0 spiro atoms. The van der Waals surface area contributed by atoms with Crippen molar-refractivity contribution in [3.8, 4) is 0 Å². The lowest BCUT2D eigenvalue weighted by molar-refractivity contribution is -0.153. The molecule has 0 saturated heterocycles. The zero-order valence-electron chi connectivity index (χ0n) is 11.0. The van der Waals surface area contributed by atoms with Crippen LogP contribution in [0.25, 0.3) is 0 Å². The topological polar surface area (TPSA) is 35.1 Å². The highest BCUT2D eigenvalue weighted by atomic mass is 32.2. The number of hydrogen-bond acceptors (Lipinski definition) is 2. The van der Waals surface area contributed by atoms with Gasteiger partial charge in [0.25, 0.3) is 0 Å². The highest BCUT2D eigenvalue weighted by molar-refractivity contribution is 7.90. The predicted octanol–water partition coefficient (Wildman–Crippen LogP) is 3.62. The fourth-order valence-electron chi connectivity index (χ4n) is 1.33. The Bertz CT molecular complexity index is 472. The summed E-state index contributed by atoms with van der Waals surface area (Å²) in [6.07, 6.45) is -4.86.